The zero-order chi connectivity index (χ0) is 14.8. The number of hydrogen-bond acceptors (Lipinski definition) is 6. The number of hydrazine groups is 1. The second-order valence-corrected chi connectivity index (χ2v) is 5.31. The largest absolute Gasteiger partial charge is 0.379 e. The van der Waals surface area contributed by atoms with Crippen LogP contribution in [0.5, 0.6) is 0 Å². The number of aromatic nitrogens is 1. The van der Waals surface area contributed by atoms with E-state index in [4.69, 9.17) is 10.6 Å². The Balaban J connectivity index is 1.73. The molecule has 2 aliphatic heterocycles. The van der Waals surface area contributed by atoms with Crippen molar-refractivity contribution >= 4 is 11.6 Å². The van der Waals surface area contributed by atoms with Crippen LogP contribution in [0, 0.1) is 11.6 Å². The average molecular weight is 299 g/mol. The van der Waals surface area contributed by atoms with Crippen LogP contribution in [0.1, 0.15) is 6.42 Å². The number of rotatable bonds is 3. The highest BCUT2D eigenvalue weighted by atomic mass is 19.1. The molecule has 2 saturated heterocycles. The summed E-state index contributed by atoms with van der Waals surface area (Å²) >= 11 is 0. The van der Waals surface area contributed by atoms with Gasteiger partial charge in [-0.3, -0.25) is 4.90 Å². The highest BCUT2D eigenvalue weighted by Crippen LogP contribution is 2.27. The highest BCUT2D eigenvalue weighted by Gasteiger charge is 2.31. The lowest BCUT2D eigenvalue weighted by molar-refractivity contribution is 0.0209. The SMILES string of the molecule is NNc1nc(N2CCC(N3CCOCC3)C2)c(F)cc1F. The van der Waals surface area contributed by atoms with Gasteiger partial charge in [0.2, 0.25) is 0 Å². The van der Waals surface area contributed by atoms with Crippen molar-refractivity contribution in [2.45, 2.75) is 12.5 Å². The summed E-state index contributed by atoms with van der Waals surface area (Å²) in [5.41, 5.74) is 2.15. The molecule has 6 nitrogen and oxygen atoms in total. The number of ether oxygens (including phenoxy) is 1. The van der Waals surface area contributed by atoms with Crippen LogP contribution in [0.25, 0.3) is 0 Å². The van der Waals surface area contributed by atoms with Crippen LogP contribution in [-0.4, -0.2) is 55.3 Å². The molecule has 0 bridgehead atoms. The Morgan fingerprint density at radius 3 is 2.71 bits per heavy atom. The number of nitrogens with zero attached hydrogens (tertiary/aromatic N) is 3. The minimum atomic E-state index is -0.789. The van der Waals surface area contributed by atoms with Crippen molar-refractivity contribution in [3.8, 4) is 0 Å². The van der Waals surface area contributed by atoms with Gasteiger partial charge in [0.15, 0.2) is 23.3 Å². The standard InChI is InChI=1S/C13H19F2N5O/c14-10-7-11(15)13(17-12(10)18-16)20-2-1-9(8-20)19-3-5-21-6-4-19/h7,9H,1-6,8,16H2,(H,17,18). The predicted molar refractivity (Wildman–Crippen MR) is 75.0 cm³/mol. The van der Waals surface area contributed by atoms with Crippen LogP contribution in [0.4, 0.5) is 20.4 Å². The van der Waals surface area contributed by atoms with Gasteiger partial charge < -0.3 is 15.1 Å². The first-order valence-corrected chi connectivity index (χ1v) is 7.08. The maximum absolute atomic E-state index is 13.9. The van der Waals surface area contributed by atoms with Crippen LogP contribution in [0.2, 0.25) is 0 Å². The van der Waals surface area contributed by atoms with Crippen LogP contribution in [0.3, 0.4) is 0 Å². The van der Waals surface area contributed by atoms with Crippen molar-refractivity contribution in [1.82, 2.24) is 9.88 Å². The van der Waals surface area contributed by atoms with E-state index in [2.05, 4.69) is 15.3 Å². The zero-order valence-electron chi connectivity index (χ0n) is 11.7. The number of halogens is 2. The van der Waals surface area contributed by atoms with Crippen molar-refractivity contribution in [2.24, 2.45) is 5.84 Å². The third-order valence-electron chi connectivity index (χ3n) is 4.07. The molecule has 116 valence electrons. The lowest BCUT2D eigenvalue weighted by atomic mass is 10.2. The van der Waals surface area contributed by atoms with Gasteiger partial charge in [0.25, 0.3) is 0 Å². The van der Waals surface area contributed by atoms with E-state index in [0.717, 1.165) is 38.8 Å². The van der Waals surface area contributed by atoms with Gasteiger partial charge >= 0.3 is 0 Å². The van der Waals surface area contributed by atoms with E-state index < -0.39 is 11.6 Å². The van der Waals surface area contributed by atoms with Gasteiger partial charge in [0.1, 0.15) is 0 Å². The van der Waals surface area contributed by atoms with E-state index in [-0.39, 0.29) is 11.6 Å². The molecule has 2 aliphatic rings. The van der Waals surface area contributed by atoms with Crippen molar-refractivity contribution in [2.75, 3.05) is 49.7 Å². The Bertz CT molecular complexity index is 510. The molecular weight excluding hydrogens is 280 g/mol. The Morgan fingerprint density at radius 2 is 2.00 bits per heavy atom. The summed E-state index contributed by atoms with van der Waals surface area (Å²) in [6.45, 7) is 4.64. The number of anilines is 2. The second kappa shape index (κ2) is 6.08. The van der Waals surface area contributed by atoms with E-state index in [9.17, 15) is 8.78 Å². The second-order valence-electron chi connectivity index (χ2n) is 5.31. The molecule has 0 saturated carbocycles. The summed E-state index contributed by atoms with van der Waals surface area (Å²) < 4.78 is 32.7. The number of morpholine rings is 1. The fourth-order valence-corrected chi connectivity index (χ4v) is 2.95. The molecule has 0 radical (unpaired) electrons. The minimum Gasteiger partial charge on any atom is -0.379 e. The van der Waals surface area contributed by atoms with Crippen molar-refractivity contribution in [3.63, 3.8) is 0 Å². The van der Waals surface area contributed by atoms with Crippen molar-refractivity contribution in [1.29, 1.82) is 0 Å². The third kappa shape index (κ3) is 2.92. The molecule has 21 heavy (non-hydrogen) atoms. The summed E-state index contributed by atoms with van der Waals surface area (Å²) in [6.07, 6.45) is 0.934. The van der Waals surface area contributed by atoms with Gasteiger partial charge in [0.05, 0.1) is 13.2 Å². The summed E-state index contributed by atoms with van der Waals surface area (Å²) in [4.78, 5) is 8.15. The Hall–Kier alpha value is -1.51. The van der Waals surface area contributed by atoms with Gasteiger partial charge in [-0.25, -0.2) is 19.6 Å². The van der Waals surface area contributed by atoms with E-state index >= 15 is 0 Å². The fraction of sp³-hybridized carbons (Fsp3) is 0.615. The van der Waals surface area contributed by atoms with Crippen LogP contribution >= 0.6 is 0 Å². The van der Waals surface area contributed by atoms with Gasteiger partial charge in [-0.15, -0.1) is 0 Å². The average Bonchev–Trinajstić information content (AvgIpc) is 2.98. The first-order chi connectivity index (χ1) is 10.2. The van der Waals surface area contributed by atoms with Crippen LogP contribution in [-0.2, 0) is 4.74 Å². The van der Waals surface area contributed by atoms with Crippen LogP contribution in [0.15, 0.2) is 6.07 Å². The minimum absolute atomic E-state index is 0.138. The molecule has 3 heterocycles. The third-order valence-corrected chi connectivity index (χ3v) is 4.07. The van der Waals surface area contributed by atoms with Crippen molar-refractivity contribution < 1.29 is 13.5 Å². The fourth-order valence-electron chi connectivity index (χ4n) is 2.95. The molecule has 0 spiro atoms. The number of nitrogen functional groups attached to an aromatic ring is 1. The molecule has 3 rings (SSSR count). The van der Waals surface area contributed by atoms with Gasteiger partial charge in [-0.1, -0.05) is 0 Å². The lowest BCUT2D eigenvalue weighted by Crippen LogP contribution is -2.44. The number of nitrogens with two attached hydrogens (primary N) is 1. The van der Waals surface area contributed by atoms with Gasteiger partial charge in [-0.05, 0) is 6.42 Å². The lowest BCUT2D eigenvalue weighted by Gasteiger charge is -2.32. The maximum Gasteiger partial charge on any atom is 0.178 e. The van der Waals surface area contributed by atoms with E-state index in [1.165, 1.54) is 0 Å². The zero-order valence-corrected chi connectivity index (χ0v) is 11.7. The molecular formula is C13H19F2N5O. The normalized spacial score (nSPS) is 23.6. The van der Waals surface area contributed by atoms with E-state index in [0.29, 0.717) is 19.1 Å². The van der Waals surface area contributed by atoms with E-state index in [1.807, 2.05) is 4.90 Å². The molecule has 2 fully saturated rings. The quantitative estimate of drug-likeness (QED) is 0.628. The molecule has 1 aromatic heterocycles. The predicted octanol–water partition coefficient (Wildman–Crippen LogP) is 0.556. The van der Waals surface area contributed by atoms with E-state index in [1.54, 1.807) is 0 Å². The van der Waals surface area contributed by atoms with Crippen LogP contribution < -0.4 is 16.2 Å². The number of nitrogens with one attached hydrogen (secondary N) is 1. The summed E-state index contributed by atoms with van der Waals surface area (Å²) in [6, 6.07) is 1.17. The molecule has 1 unspecified atom stereocenters. The van der Waals surface area contributed by atoms with Gasteiger partial charge in [0, 0.05) is 38.3 Å². The van der Waals surface area contributed by atoms with Gasteiger partial charge in [-0.2, -0.15) is 0 Å². The number of pyridine rings is 1. The monoisotopic (exact) mass is 299 g/mol. The Kier molecular flexibility index (Phi) is 4.18. The molecule has 8 heteroatoms. The first kappa shape index (κ1) is 14.4. The Morgan fingerprint density at radius 1 is 1.24 bits per heavy atom. The molecule has 3 N–H and O–H groups in total. The number of hydrogen-bond donors (Lipinski definition) is 2. The summed E-state index contributed by atoms with van der Waals surface area (Å²) in [7, 11) is 0. The Labute approximate surface area is 121 Å². The summed E-state index contributed by atoms with van der Waals surface area (Å²) in [5, 5.41) is 0. The highest BCUT2D eigenvalue weighted by molar-refractivity contribution is 5.49. The van der Waals surface area contributed by atoms with Crippen molar-refractivity contribution in [3.05, 3.63) is 17.7 Å². The molecule has 0 aliphatic carbocycles. The maximum atomic E-state index is 13.9. The molecule has 1 atom stereocenters. The topological polar surface area (TPSA) is 66.7 Å². The molecule has 0 amide bonds. The molecule has 1 aromatic rings. The summed E-state index contributed by atoms with van der Waals surface area (Å²) in [5.74, 6) is 3.76. The smallest absolute Gasteiger partial charge is 0.178 e. The molecule has 0 aromatic carbocycles. The first-order valence-electron chi connectivity index (χ1n) is 7.08.